The van der Waals surface area contributed by atoms with Gasteiger partial charge in [0.25, 0.3) is 0 Å². The number of hydroxylamine groups is 1. The van der Waals surface area contributed by atoms with Gasteiger partial charge in [0.15, 0.2) is 0 Å². The fourth-order valence-electron chi connectivity index (χ4n) is 0.279. The molecule has 2 N–H and O–H groups in total. The molecule has 0 bridgehead atoms. The second kappa shape index (κ2) is 4.50. The first-order valence-electron chi connectivity index (χ1n) is 3.30. The van der Waals surface area contributed by atoms with E-state index in [1.54, 1.807) is 0 Å². The largest absolute Gasteiger partial charge is 0.480 e. The van der Waals surface area contributed by atoms with E-state index in [0.717, 1.165) is 0 Å². The number of carbonyl (C=O) groups is 2. The summed E-state index contributed by atoms with van der Waals surface area (Å²) in [4.78, 5) is 25.3. The Balaban J connectivity index is 3.76. The average molecular weight is 173 g/mol. The minimum Gasteiger partial charge on any atom is -0.480 e. The minimum absolute atomic E-state index is 0.208. The zero-order valence-electron chi connectivity index (χ0n) is 6.96. The van der Waals surface area contributed by atoms with Crippen LogP contribution < -0.4 is 5.48 Å². The summed E-state index contributed by atoms with van der Waals surface area (Å²) in [6.45, 7) is 6.14. The van der Waals surface area contributed by atoms with E-state index in [-0.39, 0.29) is 5.57 Å². The number of carboxylic acids is 1. The summed E-state index contributed by atoms with van der Waals surface area (Å²) < 4.78 is 0. The van der Waals surface area contributed by atoms with Gasteiger partial charge in [0.05, 0.1) is 0 Å². The number of hydrogen-bond donors (Lipinski definition) is 2. The van der Waals surface area contributed by atoms with Crippen LogP contribution in [0.4, 0.5) is 0 Å². The highest BCUT2D eigenvalue weighted by Gasteiger charge is 2.12. The third-order valence-electron chi connectivity index (χ3n) is 1.05. The summed E-state index contributed by atoms with van der Waals surface area (Å²) in [5, 5.41) is 8.36. The number of carbonyl (C=O) groups excluding carboxylic acids is 1. The van der Waals surface area contributed by atoms with E-state index in [2.05, 4.69) is 16.9 Å². The second-order valence-electron chi connectivity index (χ2n) is 2.35. The molecule has 0 aliphatic carbocycles. The van der Waals surface area contributed by atoms with Gasteiger partial charge in [-0.05, 0) is 13.8 Å². The van der Waals surface area contributed by atoms with E-state index < -0.39 is 18.0 Å². The maximum Gasteiger partial charge on any atom is 0.351 e. The van der Waals surface area contributed by atoms with Gasteiger partial charge in [-0.3, -0.25) is 4.79 Å². The van der Waals surface area contributed by atoms with E-state index in [9.17, 15) is 9.59 Å². The number of hydrogen-bond acceptors (Lipinski definition) is 4. The molecule has 12 heavy (non-hydrogen) atoms. The standard InChI is InChI=1S/C7H11NO4/c1-4(2)7(11)12-8-5(3)6(9)10/h5,8H,1H2,2-3H3,(H,9,10)/t5-/m0/s1. The molecule has 0 aliphatic heterocycles. The highest BCUT2D eigenvalue weighted by molar-refractivity contribution is 5.86. The lowest BCUT2D eigenvalue weighted by Gasteiger charge is -2.08. The first kappa shape index (κ1) is 10.6. The van der Waals surface area contributed by atoms with E-state index in [1.165, 1.54) is 13.8 Å². The second-order valence-corrected chi connectivity index (χ2v) is 2.35. The van der Waals surface area contributed by atoms with Crippen molar-refractivity contribution < 1.29 is 19.5 Å². The first-order chi connectivity index (χ1) is 5.45. The van der Waals surface area contributed by atoms with Gasteiger partial charge >= 0.3 is 11.9 Å². The van der Waals surface area contributed by atoms with Crippen molar-refractivity contribution in [2.24, 2.45) is 0 Å². The van der Waals surface area contributed by atoms with Crippen LogP contribution in [0.2, 0.25) is 0 Å². The summed E-state index contributed by atoms with van der Waals surface area (Å²) in [5.41, 5.74) is 2.26. The Labute approximate surface area is 70.0 Å². The smallest absolute Gasteiger partial charge is 0.351 e. The Morgan fingerprint density at radius 2 is 2.08 bits per heavy atom. The molecule has 1 atom stereocenters. The monoisotopic (exact) mass is 173 g/mol. The van der Waals surface area contributed by atoms with Gasteiger partial charge in [0.1, 0.15) is 6.04 Å². The van der Waals surface area contributed by atoms with Crippen molar-refractivity contribution in [1.29, 1.82) is 0 Å². The molecule has 0 radical (unpaired) electrons. The van der Waals surface area contributed by atoms with Gasteiger partial charge in [-0.25, -0.2) is 4.79 Å². The first-order valence-corrected chi connectivity index (χ1v) is 3.30. The Hall–Kier alpha value is -1.36. The van der Waals surface area contributed by atoms with Crippen LogP contribution in [0.15, 0.2) is 12.2 Å². The highest BCUT2D eigenvalue weighted by Crippen LogP contribution is 1.90. The zero-order chi connectivity index (χ0) is 9.72. The lowest BCUT2D eigenvalue weighted by Crippen LogP contribution is -2.35. The molecule has 68 valence electrons. The minimum atomic E-state index is -1.09. The number of carboxylic acid groups (broad SMARTS) is 1. The van der Waals surface area contributed by atoms with Crippen LogP contribution in [0.3, 0.4) is 0 Å². The summed E-state index contributed by atoms with van der Waals surface area (Å²) in [6, 6.07) is -0.923. The number of rotatable bonds is 4. The number of aliphatic carboxylic acids is 1. The predicted molar refractivity (Wildman–Crippen MR) is 41.1 cm³/mol. The molecule has 0 heterocycles. The average Bonchev–Trinajstić information content (AvgIpc) is 1.98. The van der Waals surface area contributed by atoms with Gasteiger partial charge in [-0.1, -0.05) is 6.58 Å². The fraction of sp³-hybridized carbons (Fsp3) is 0.429. The van der Waals surface area contributed by atoms with Crippen LogP contribution >= 0.6 is 0 Å². The van der Waals surface area contributed by atoms with Crippen molar-refractivity contribution in [3.05, 3.63) is 12.2 Å². The van der Waals surface area contributed by atoms with E-state index in [1.807, 2.05) is 0 Å². The molecular formula is C7H11NO4. The lowest BCUT2D eigenvalue weighted by molar-refractivity contribution is -0.153. The molecule has 0 fully saturated rings. The number of nitrogens with one attached hydrogen (secondary N) is 1. The molecule has 0 spiro atoms. The van der Waals surface area contributed by atoms with Crippen LogP contribution in [-0.2, 0) is 14.4 Å². The SMILES string of the molecule is C=C(C)C(=O)ON[C@@H](C)C(=O)O. The van der Waals surface area contributed by atoms with Crippen molar-refractivity contribution in [2.45, 2.75) is 19.9 Å². The maximum absolute atomic E-state index is 10.7. The Kier molecular flexibility index (Phi) is 3.99. The molecule has 5 heteroatoms. The summed E-state index contributed by atoms with van der Waals surface area (Å²) in [7, 11) is 0. The van der Waals surface area contributed by atoms with Gasteiger partial charge in [0, 0.05) is 5.57 Å². The molecule has 0 aromatic carbocycles. The van der Waals surface area contributed by atoms with Crippen molar-refractivity contribution in [2.75, 3.05) is 0 Å². The molecule has 5 nitrogen and oxygen atoms in total. The third kappa shape index (κ3) is 3.72. The van der Waals surface area contributed by atoms with Gasteiger partial charge in [0.2, 0.25) is 0 Å². The van der Waals surface area contributed by atoms with Crippen LogP contribution in [0.25, 0.3) is 0 Å². The summed E-state index contributed by atoms with van der Waals surface area (Å²) in [6.07, 6.45) is 0. The third-order valence-corrected chi connectivity index (χ3v) is 1.05. The van der Waals surface area contributed by atoms with Crippen LogP contribution in [0.5, 0.6) is 0 Å². The molecule has 0 aliphatic rings. The van der Waals surface area contributed by atoms with Crippen molar-refractivity contribution in [1.82, 2.24) is 5.48 Å². The van der Waals surface area contributed by atoms with Crippen LogP contribution in [0, 0.1) is 0 Å². The predicted octanol–water partition coefficient (Wildman–Crippen LogP) is 0.0834. The Morgan fingerprint density at radius 3 is 2.42 bits per heavy atom. The molecule has 0 unspecified atom stereocenters. The summed E-state index contributed by atoms with van der Waals surface area (Å²) >= 11 is 0. The fourth-order valence-corrected chi connectivity index (χ4v) is 0.279. The molecular weight excluding hydrogens is 162 g/mol. The van der Waals surface area contributed by atoms with Crippen molar-refractivity contribution in [3.63, 3.8) is 0 Å². The zero-order valence-corrected chi connectivity index (χ0v) is 6.96. The Morgan fingerprint density at radius 1 is 1.58 bits per heavy atom. The van der Waals surface area contributed by atoms with Gasteiger partial charge in [-0.15, -0.1) is 5.48 Å². The molecule has 0 saturated heterocycles. The normalized spacial score (nSPS) is 11.8. The van der Waals surface area contributed by atoms with E-state index in [0.29, 0.717) is 0 Å². The van der Waals surface area contributed by atoms with Crippen molar-refractivity contribution in [3.8, 4) is 0 Å². The quantitative estimate of drug-likeness (QED) is 0.465. The highest BCUT2D eigenvalue weighted by atomic mass is 16.7. The van der Waals surface area contributed by atoms with E-state index in [4.69, 9.17) is 5.11 Å². The van der Waals surface area contributed by atoms with Crippen LogP contribution in [0.1, 0.15) is 13.8 Å². The van der Waals surface area contributed by atoms with Gasteiger partial charge in [-0.2, -0.15) is 0 Å². The lowest BCUT2D eigenvalue weighted by atomic mass is 10.4. The van der Waals surface area contributed by atoms with Crippen LogP contribution in [-0.4, -0.2) is 23.1 Å². The molecule has 0 rings (SSSR count). The maximum atomic E-state index is 10.7. The topological polar surface area (TPSA) is 75.6 Å². The summed E-state index contributed by atoms with van der Waals surface area (Å²) in [5.74, 6) is -1.76. The van der Waals surface area contributed by atoms with E-state index >= 15 is 0 Å². The Bertz CT molecular complexity index is 211. The molecule has 0 aromatic rings. The molecule has 0 amide bonds. The molecule has 0 aromatic heterocycles. The molecule has 0 saturated carbocycles. The van der Waals surface area contributed by atoms with Gasteiger partial charge < -0.3 is 9.94 Å². The van der Waals surface area contributed by atoms with Crippen molar-refractivity contribution >= 4 is 11.9 Å².